The number of benzene rings is 1. The largest absolute Gasteiger partial charge is 0.450 e. The van der Waals surface area contributed by atoms with Crippen LogP contribution in [0.25, 0.3) is 0 Å². The van der Waals surface area contributed by atoms with Gasteiger partial charge in [-0.2, -0.15) is 0 Å². The molecule has 8 nitrogen and oxygen atoms in total. The molecule has 1 saturated heterocycles. The zero-order chi connectivity index (χ0) is 19.9. The van der Waals surface area contributed by atoms with Crippen LogP contribution >= 0.6 is 0 Å². The third-order valence-electron chi connectivity index (χ3n) is 4.63. The fourth-order valence-electron chi connectivity index (χ4n) is 3.16. The third kappa shape index (κ3) is 4.39. The minimum absolute atomic E-state index is 0.164. The molecule has 0 N–H and O–H groups in total. The van der Waals surface area contributed by atoms with E-state index in [1.54, 1.807) is 22.8 Å². The molecule has 28 heavy (non-hydrogen) atoms. The number of rotatable bonds is 5. The van der Waals surface area contributed by atoms with E-state index >= 15 is 0 Å². The van der Waals surface area contributed by atoms with E-state index < -0.39 is 0 Å². The van der Waals surface area contributed by atoms with E-state index in [0.717, 1.165) is 5.69 Å². The maximum absolute atomic E-state index is 13.0. The molecule has 1 aromatic carbocycles. The lowest BCUT2D eigenvalue weighted by atomic mass is 10.2. The second kappa shape index (κ2) is 9.16. The second-order valence-corrected chi connectivity index (χ2v) is 6.32. The Morgan fingerprint density at radius 1 is 1.07 bits per heavy atom. The number of carbonyl (C=O) groups excluding carboxylic acids is 2. The van der Waals surface area contributed by atoms with Gasteiger partial charge in [0.15, 0.2) is 0 Å². The van der Waals surface area contributed by atoms with Crippen LogP contribution in [0.5, 0.6) is 0 Å². The smallest absolute Gasteiger partial charge is 0.409 e. The number of carbonyl (C=O) groups is 2. The summed E-state index contributed by atoms with van der Waals surface area (Å²) >= 11 is 0. The lowest BCUT2D eigenvalue weighted by Crippen LogP contribution is -2.49. The van der Waals surface area contributed by atoms with Crippen LogP contribution < -0.4 is 9.80 Å². The molecule has 0 radical (unpaired) electrons. The van der Waals surface area contributed by atoms with Crippen LogP contribution in [0.1, 0.15) is 24.3 Å². The summed E-state index contributed by atoms with van der Waals surface area (Å²) in [5.74, 6) is 0.522. The number of amides is 2. The number of hydrogen-bond donors (Lipinski definition) is 0. The van der Waals surface area contributed by atoms with Crippen LogP contribution in [-0.2, 0) is 4.74 Å². The second-order valence-electron chi connectivity index (χ2n) is 6.32. The molecule has 1 aromatic heterocycles. The minimum Gasteiger partial charge on any atom is -0.450 e. The SMILES string of the molecule is CCOC(=O)N1CCN(c2cc(C(=O)N(CC)c3ccccc3)ncn2)CC1. The first-order valence-corrected chi connectivity index (χ1v) is 9.49. The quantitative estimate of drug-likeness (QED) is 0.789. The average molecular weight is 383 g/mol. The van der Waals surface area contributed by atoms with Gasteiger partial charge in [0.1, 0.15) is 17.8 Å². The van der Waals surface area contributed by atoms with Gasteiger partial charge >= 0.3 is 6.09 Å². The highest BCUT2D eigenvalue weighted by Crippen LogP contribution is 2.19. The molecule has 0 atom stereocenters. The molecule has 0 unspecified atom stereocenters. The highest BCUT2D eigenvalue weighted by Gasteiger charge is 2.24. The molecule has 8 heteroatoms. The van der Waals surface area contributed by atoms with Crippen molar-refractivity contribution in [3.63, 3.8) is 0 Å². The van der Waals surface area contributed by atoms with Crippen LogP contribution in [0.15, 0.2) is 42.7 Å². The molecule has 1 aliphatic rings. The van der Waals surface area contributed by atoms with E-state index in [1.807, 2.05) is 42.2 Å². The molecule has 2 amide bonds. The van der Waals surface area contributed by atoms with E-state index in [1.165, 1.54) is 6.33 Å². The number of ether oxygens (including phenoxy) is 1. The van der Waals surface area contributed by atoms with Gasteiger partial charge in [0.2, 0.25) is 0 Å². The Morgan fingerprint density at radius 3 is 2.43 bits per heavy atom. The fourth-order valence-corrected chi connectivity index (χ4v) is 3.16. The summed E-state index contributed by atoms with van der Waals surface area (Å²) in [5, 5.41) is 0. The highest BCUT2D eigenvalue weighted by atomic mass is 16.6. The topological polar surface area (TPSA) is 78.9 Å². The van der Waals surface area contributed by atoms with Gasteiger partial charge in [-0.25, -0.2) is 14.8 Å². The van der Waals surface area contributed by atoms with Crippen LogP contribution in [0.3, 0.4) is 0 Å². The average Bonchev–Trinajstić information content (AvgIpc) is 2.75. The van der Waals surface area contributed by atoms with Crippen LogP contribution in [-0.4, -0.2) is 66.2 Å². The molecule has 0 spiro atoms. The lowest BCUT2D eigenvalue weighted by molar-refractivity contribution is 0.0983. The number of hydrogen-bond acceptors (Lipinski definition) is 6. The van der Waals surface area contributed by atoms with Crippen LogP contribution in [0, 0.1) is 0 Å². The fraction of sp³-hybridized carbons (Fsp3) is 0.400. The van der Waals surface area contributed by atoms with E-state index in [2.05, 4.69) is 9.97 Å². The lowest BCUT2D eigenvalue weighted by Gasteiger charge is -2.34. The van der Waals surface area contributed by atoms with Gasteiger partial charge in [0.05, 0.1) is 6.61 Å². The molecular formula is C20H25N5O3. The summed E-state index contributed by atoms with van der Waals surface area (Å²) in [4.78, 5) is 38.7. The predicted molar refractivity (Wildman–Crippen MR) is 107 cm³/mol. The molecule has 0 saturated carbocycles. The van der Waals surface area contributed by atoms with E-state index in [-0.39, 0.29) is 12.0 Å². The van der Waals surface area contributed by atoms with Gasteiger partial charge in [-0.3, -0.25) is 4.79 Å². The summed E-state index contributed by atoms with van der Waals surface area (Å²) in [6, 6.07) is 11.2. The maximum atomic E-state index is 13.0. The van der Waals surface area contributed by atoms with Crippen molar-refractivity contribution < 1.29 is 14.3 Å². The first-order chi connectivity index (χ1) is 13.6. The monoisotopic (exact) mass is 383 g/mol. The Balaban J connectivity index is 1.70. The Bertz CT molecular complexity index is 806. The maximum Gasteiger partial charge on any atom is 0.409 e. The number of aromatic nitrogens is 2. The molecule has 148 valence electrons. The van der Waals surface area contributed by atoms with Crippen molar-refractivity contribution in [3.05, 3.63) is 48.4 Å². The van der Waals surface area contributed by atoms with Crippen molar-refractivity contribution >= 4 is 23.5 Å². The highest BCUT2D eigenvalue weighted by molar-refractivity contribution is 6.05. The summed E-state index contributed by atoms with van der Waals surface area (Å²) < 4.78 is 5.05. The van der Waals surface area contributed by atoms with Crippen molar-refractivity contribution in [2.45, 2.75) is 13.8 Å². The van der Waals surface area contributed by atoms with Crippen LogP contribution in [0.4, 0.5) is 16.3 Å². The molecule has 0 aliphatic carbocycles. The number of para-hydroxylation sites is 1. The van der Waals surface area contributed by atoms with Crippen molar-refractivity contribution in [1.29, 1.82) is 0 Å². The van der Waals surface area contributed by atoms with E-state index in [9.17, 15) is 9.59 Å². The molecule has 1 fully saturated rings. The molecule has 3 rings (SSSR count). The summed E-state index contributed by atoms with van der Waals surface area (Å²) in [6.45, 7) is 6.99. The normalized spacial score (nSPS) is 13.9. The number of nitrogens with zero attached hydrogens (tertiary/aromatic N) is 5. The van der Waals surface area contributed by atoms with Crippen molar-refractivity contribution in [2.24, 2.45) is 0 Å². The molecule has 2 heterocycles. The predicted octanol–water partition coefficient (Wildman–Crippen LogP) is 2.42. The zero-order valence-corrected chi connectivity index (χ0v) is 16.2. The van der Waals surface area contributed by atoms with E-state index in [0.29, 0.717) is 50.8 Å². The Morgan fingerprint density at radius 2 is 1.79 bits per heavy atom. The summed E-state index contributed by atoms with van der Waals surface area (Å²) in [6.07, 6.45) is 1.13. The Kier molecular flexibility index (Phi) is 6.41. The van der Waals surface area contributed by atoms with Gasteiger partial charge in [-0.1, -0.05) is 18.2 Å². The Hall–Kier alpha value is -3.16. The van der Waals surface area contributed by atoms with Crippen LogP contribution in [0.2, 0.25) is 0 Å². The van der Waals surface area contributed by atoms with Gasteiger partial charge < -0.3 is 19.4 Å². The summed E-state index contributed by atoms with van der Waals surface area (Å²) in [7, 11) is 0. The zero-order valence-electron chi connectivity index (χ0n) is 16.2. The molecule has 2 aromatic rings. The number of anilines is 2. The van der Waals surface area contributed by atoms with Crippen molar-refractivity contribution in [2.75, 3.05) is 49.1 Å². The first kappa shape index (κ1) is 19.6. The van der Waals surface area contributed by atoms with Gasteiger partial charge in [0.25, 0.3) is 5.91 Å². The molecular weight excluding hydrogens is 358 g/mol. The number of piperazine rings is 1. The van der Waals surface area contributed by atoms with Crippen molar-refractivity contribution in [1.82, 2.24) is 14.9 Å². The molecule has 0 bridgehead atoms. The summed E-state index contributed by atoms with van der Waals surface area (Å²) in [5.41, 5.74) is 1.18. The van der Waals surface area contributed by atoms with Gasteiger partial charge in [0, 0.05) is 44.5 Å². The standard InChI is InChI=1S/C20H25N5O3/c1-3-25(16-8-6-5-7-9-16)19(26)17-14-18(22-15-21-17)23-10-12-24(13-11-23)20(27)28-4-2/h5-9,14-15H,3-4,10-13H2,1-2H3. The Labute approximate surface area is 164 Å². The molecule has 1 aliphatic heterocycles. The third-order valence-corrected chi connectivity index (χ3v) is 4.63. The minimum atomic E-state index is -0.290. The van der Waals surface area contributed by atoms with Gasteiger partial charge in [-0.15, -0.1) is 0 Å². The van der Waals surface area contributed by atoms with Gasteiger partial charge in [-0.05, 0) is 26.0 Å². The first-order valence-electron chi connectivity index (χ1n) is 9.49. The van der Waals surface area contributed by atoms with E-state index in [4.69, 9.17) is 4.74 Å². The van der Waals surface area contributed by atoms with Crippen molar-refractivity contribution in [3.8, 4) is 0 Å².